The Balaban J connectivity index is 2.14. The summed E-state index contributed by atoms with van der Waals surface area (Å²) in [5.41, 5.74) is 1.23. The molecule has 1 saturated heterocycles. The Hall–Kier alpha value is -1.06. The Morgan fingerprint density at radius 2 is 2.12 bits per heavy atom. The molecule has 1 aliphatic heterocycles. The molecule has 0 radical (unpaired) electrons. The molecule has 0 spiro atoms. The summed E-state index contributed by atoms with van der Waals surface area (Å²) in [6.07, 6.45) is 1.09. The van der Waals surface area contributed by atoms with Crippen molar-refractivity contribution in [2.75, 3.05) is 26.2 Å². The monoisotopic (exact) mass is 220 g/mol. The number of aromatic hydroxyl groups is 1. The first-order valence-electron chi connectivity index (χ1n) is 6.05. The van der Waals surface area contributed by atoms with Gasteiger partial charge in [0.25, 0.3) is 0 Å². The fourth-order valence-corrected chi connectivity index (χ4v) is 2.43. The van der Waals surface area contributed by atoms with Crippen LogP contribution in [0.2, 0.25) is 0 Å². The topological polar surface area (TPSA) is 35.5 Å². The van der Waals surface area contributed by atoms with Gasteiger partial charge < -0.3 is 10.4 Å². The van der Waals surface area contributed by atoms with E-state index >= 15 is 0 Å². The number of rotatable bonds is 3. The lowest BCUT2D eigenvalue weighted by molar-refractivity contribution is 0.169. The molecular weight excluding hydrogens is 200 g/mol. The number of hydrogen-bond acceptors (Lipinski definition) is 3. The molecule has 0 saturated carbocycles. The lowest BCUT2D eigenvalue weighted by Crippen LogP contribution is -2.45. The molecule has 1 aliphatic rings. The average molecular weight is 220 g/mol. The van der Waals surface area contributed by atoms with Gasteiger partial charge in [0.2, 0.25) is 0 Å². The molecule has 0 aromatic heterocycles. The van der Waals surface area contributed by atoms with Gasteiger partial charge in [-0.1, -0.05) is 19.1 Å². The molecule has 88 valence electrons. The van der Waals surface area contributed by atoms with Gasteiger partial charge in [-0.15, -0.1) is 0 Å². The van der Waals surface area contributed by atoms with E-state index in [0.717, 1.165) is 32.6 Å². The molecule has 2 rings (SSSR count). The van der Waals surface area contributed by atoms with Gasteiger partial charge >= 0.3 is 0 Å². The van der Waals surface area contributed by atoms with E-state index in [4.69, 9.17) is 0 Å². The van der Waals surface area contributed by atoms with Crippen LogP contribution in [0.25, 0.3) is 0 Å². The Labute approximate surface area is 97.1 Å². The molecule has 16 heavy (non-hydrogen) atoms. The second-order valence-electron chi connectivity index (χ2n) is 4.31. The van der Waals surface area contributed by atoms with E-state index in [0.29, 0.717) is 11.8 Å². The standard InChI is InChI=1S/C13H20N2O/c1-2-13(15-8-6-14-7-9-15)11-4-3-5-12(16)10-11/h3-5,10,13-14,16H,2,6-9H2,1H3/t13-/m1/s1. The third-order valence-electron chi connectivity index (χ3n) is 3.23. The summed E-state index contributed by atoms with van der Waals surface area (Å²) < 4.78 is 0. The molecule has 1 heterocycles. The first-order valence-corrected chi connectivity index (χ1v) is 6.05. The molecule has 0 bridgehead atoms. The predicted octanol–water partition coefficient (Wildman–Crippen LogP) is 1.75. The summed E-state index contributed by atoms with van der Waals surface area (Å²) in [5, 5.41) is 12.9. The summed E-state index contributed by atoms with van der Waals surface area (Å²) in [7, 11) is 0. The number of phenols is 1. The zero-order valence-electron chi connectivity index (χ0n) is 9.82. The molecular formula is C13H20N2O. The number of hydrogen-bond donors (Lipinski definition) is 2. The molecule has 2 N–H and O–H groups in total. The molecule has 1 aromatic rings. The minimum atomic E-state index is 0.367. The zero-order valence-corrected chi connectivity index (χ0v) is 9.82. The number of phenolic OH excluding ortho intramolecular Hbond substituents is 1. The summed E-state index contributed by atoms with van der Waals surface area (Å²) in [4.78, 5) is 2.49. The van der Waals surface area contributed by atoms with Crippen LogP contribution in [0.5, 0.6) is 5.75 Å². The smallest absolute Gasteiger partial charge is 0.115 e. The first kappa shape index (κ1) is 11.4. The maximum absolute atomic E-state index is 9.52. The highest BCUT2D eigenvalue weighted by Crippen LogP contribution is 2.26. The Kier molecular flexibility index (Phi) is 3.80. The highest BCUT2D eigenvalue weighted by molar-refractivity contribution is 5.29. The van der Waals surface area contributed by atoms with E-state index < -0.39 is 0 Å². The van der Waals surface area contributed by atoms with E-state index in [9.17, 15) is 5.11 Å². The highest BCUT2D eigenvalue weighted by Gasteiger charge is 2.20. The number of piperazine rings is 1. The van der Waals surface area contributed by atoms with Gasteiger partial charge in [-0.3, -0.25) is 4.90 Å². The highest BCUT2D eigenvalue weighted by atomic mass is 16.3. The van der Waals surface area contributed by atoms with Crippen molar-refractivity contribution in [2.24, 2.45) is 0 Å². The van der Waals surface area contributed by atoms with Gasteiger partial charge in [-0.25, -0.2) is 0 Å². The third kappa shape index (κ3) is 2.54. The lowest BCUT2D eigenvalue weighted by Gasteiger charge is -2.34. The second kappa shape index (κ2) is 5.32. The van der Waals surface area contributed by atoms with Gasteiger partial charge in [-0.2, -0.15) is 0 Å². The van der Waals surface area contributed by atoms with Crippen molar-refractivity contribution < 1.29 is 5.11 Å². The van der Waals surface area contributed by atoms with Crippen molar-refractivity contribution in [1.29, 1.82) is 0 Å². The average Bonchev–Trinajstić information content (AvgIpc) is 2.31. The molecule has 1 fully saturated rings. The van der Waals surface area contributed by atoms with Crippen molar-refractivity contribution in [3.8, 4) is 5.75 Å². The van der Waals surface area contributed by atoms with Gasteiger partial charge in [0, 0.05) is 32.2 Å². The quantitative estimate of drug-likeness (QED) is 0.814. The first-order chi connectivity index (χ1) is 7.81. The number of nitrogens with zero attached hydrogens (tertiary/aromatic N) is 1. The van der Waals surface area contributed by atoms with E-state index in [1.807, 2.05) is 12.1 Å². The molecule has 1 aromatic carbocycles. The summed E-state index contributed by atoms with van der Waals surface area (Å²) in [6, 6.07) is 8.09. The van der Waals surface area contributed by atoms with E-state index in [-0.39, 0.29) is 0 Å². The van der Waals surface area contributed by atoms with Crippen molar-refractivity contribution in [3.05, 3.63) is 29.8 Å². The number of nitrogens with one attached hydrogen (secondary N) is 1. The van der Waals surface area contributed by atoms with Gasteiger partial charge in [0.1, 0.15) is 5.75 Å². The van der Waals surface area contributed by atoms with E-state index in [1.54, 1.807) is 6.07 Å². The van der Waals surface area contributed by atoms with Crippen LogP contribution >= 0.6 is 0 Å². The molecule has 0 amide bonds. The molecule has 3 nitrogen and oxygen atoms in total. The van der Waals surface area contributed by atoms with Crippen molar-refractivity contribution in [1.82, 2.24) is 10.2 Å². The molecule has 1 atom stereocenters. The summed E-state index contributed by atoms with van der Waals surface area (Å²) in [6.45, 7) is 6.52. The van der Waals surface area contributed by atoms with Crippen LogP contribution in [0.3, 0.4) is 0 Å². The van der Waals surface area contributed by atoms with Crippen LogP contribution in [0.15, 0.2) is 24.3 Å². The maximum Gasteiger partial charge on any atom is 0.115 e. The summed E-state index contributed by atoms with van der Waals surface area (Å²) >= 11 is 0. The van der Waals surface area contributed by atoms with Crippen molar-refractivity contribution in [2.45, 2.75) is 19.4 Å². The zero-order chi connectivity index (χ0) is 11.4. The minimum absolute atomic E-state index is 0.367. The number of benzene rings is 1. The summed E-state index contributed by atoms with van der Waals surface area (Å²) in [5.74, 6) is 0.367. The molecule has 0 unspecified atom stereocenters. The van der Waals surface area contributed by atoms with Gasteiger partial charge in [-0.05, 0) is 24.1 Å². The Morgan fingerprint density at radius 3 is 2.75 bits per heavy atom. The van der Waals surface area contributed by atoms with Gasteiger partial charge in [0.05, 0.1) is 0 Å². The van der Waals surface area contributed by atoms with Crippen LogP contribution in [0, 0.1) is 0 Å². The van der Waals surface area contributed by atoms with E-state index in [1.165, 1.54) is 5.56 Å². The maximum atomic E-state index is 9.52. The Morgan fingerprint density at radius 1 is 1.38 bits per heavy atom. The van der Waals surface area contributed by atoms with Crippen molar-refractivity contribution in [3.63, 3.8) is 0 Å². The minimum Gasteiger partial charge on any atom is -0.508 e. The van der Waals surface area contributed by atoms with Crippen LogP contribution < -0.4 is 5.32 Å². The fraction of sp³-hybridized carbons (Fsp3) is 0.538. The van der Waals surface area contributed by atoms with Crippen LogP contribution in [0.1, 0.15) is 24.9 Å². The van der Waals surface area contributed by atoms with Crippen LogP contribution in [0.4, 0.5) is 0 Å². The second-order valence-corrected chi connectivity index (χ2v) is 4.31. The fourth-order valence-electron chi connectivity index (χ4n) is 2.43. The SMILES string of the molecule is CC[C@H](c1cccc(O)c1)N1CCNCC1. The normalized spacial score (nSPS) is 19.6. The van der Waals surface area contributed by atoms with Crippen LogP contribution in [-0.4, -0.2) is 36.2 Å². The van der Waals surface area contributed by atoms with Crippen LogP contribution in [-0.2, 0) is 0 Å². The van der Waals surface area contributed by atoms with E-state index in [2.05, 4.69) is 23.2 Å². The van der Waals surface area contributed by atoms with Gasteiger partial charge in [0.15, 0.2) is 0 Å². The Bertz CT molecular complexity index is 334. The molecule has 3 heteroatoms. The molecule has 0 aliphatic carbocycles. The van der Waals surface area contributed by atoms with Crippen molar-refractivity contribution >= 4 is 0 Å². The predicted molar refractivity (Wildman–Crippen MR) is 65.6 cm³/mol. The third-order valence-corrected chi connectivity index (χ3v) is 3.23. The largest absolute Gasteiger partial charge is 0.508 e. The lowest BCUT2D eigenvalue weighted by atomic mass is 10.0.